The zero-order valence-corrected chi connectivity index (χ0v) is 15.3. The fraction of sp³-hybridized carbons (Fsp3) is 0.611. The lowest BCUT2D eigenvalue weighted by Crippen LogP contribution is -2.61. The van der Waals surface area contributed by atoms with Crippen molar-refractivity contribution < 1.29 is 13.2 Å². The van der Waals surface area contributed by atoms with Crippen LogP contribution in [-0.4, -0.2) is 49.2 Å². The average Bonchev–Trinajstić information content (AvgIpc) is 2.60. The van der Waals surface area contributed by atoms with Gasteiger partial charge in [-0.15, -0.1) is 0 Å². The van der Waals surface area contributed by atoms with Crippen molar-refractivity contribution in [1.82, 2.24) is 9.21 Å². The summed E-state index contributed by atoms with van der Waals surface area (Å²) >= 11 is 0. The predicted molar refractivity (Wildman–Crippen MR) is 93.2 cm³/mol. The zero-order valence-electron chi connectivity index (χ0n) is 14.5. The van der Waals surface area contributed by atoms with Crippen LogP contribution in [0, 0.1) is 0 Å². The topological polar surface area (TPSA) is 57.7 Å². The molecule has 3 rings (SSSR count). The molecule has 2 saturated heterocycles. The summed E-state index contributed by atoms with van der Waals surface area (Å²) in [7, 11) is -1.68. The lowest BCUT2D eigenvalue weighted by molar-refractivity contribution is -0.141. The van der Waals surface area contributed by atoms with E-state index in [2.05, 4.69) is 0 Å². The van der Waals surface area contributed by atoms with Crippen LogP contribution in [0.1, 0.15) is 44.6 Å². The van der Waals surface area contributed by atoms with Gasteiger partial charge in [0, 0.05) is 26.6 Å². The van der Waals surface area contributed by atoms with Gasteiger partial charge in [0.05, 0.1) is 10.4 Å². The maximum atomic E-state index is 13.0. The number of benzene rings is 1. The number of sulfonamides is 1. The van der Waals surface area contributed by atoms with Gasteiger partial charge in [0.1, 0.15) is 0 Å². The standard InChI is InChI=1S/C18H26N2O3S/c1-3-15-7-9-16(10-8-15)24(22,23)20-13-5-12-18(14-20)11-4-6-17(21)19(18)2/h7-10H,3-6,11-14H2,1-2H3/t18-/m1/s1. The van der Waals surface area contributed by atoms with Gasteiger partial charge in [0.25, 0.3) is 0 Å². The summed E-state index contributed by atoms with van der Waals surface area (Å²) in [4.78, 5) is 14.3. The van der Waals surface area contributed by atoms with Gasteiger partial charge in [0.15, 0.2) is 0 Å². The molecule has 5 nitrogen and oxygen atoms in total. The van der Waals surface area contributed by atoms with Crippen LogP contribution in [0.15, 0.2) is 29.2 Å². The summed E-state index contributed by atoms with van der Waals surface area (Å²) in [5.74, 6) is 0.132. The van der Waals surface area contributed by atoms with Crippen LogP contribution in [0.25, 0.3) is 0 Å². The molecule has 1 aromatic carbocycles. The Bertz CT molecular complexity index is 710. The Hall–Kier alpha value is -1.40. The quantitative estimate of drug-likeness (QED) is 0.841. The minimum Gasteiger partial charge on any atom is -0.339 e. The summed E-state index contributed by atoms with van der Waals surface area (Å²) in [6, 6.07) is 7.15. The SMILES string of the molecule is CCc1ccc(S(=O)(=O)N2CCC[C@]3(CCCC(=O)N3C)C2)cc1. The van der Waals surface area contributed by atoms with Crippen molar-refractivity contribution in [1.29, 1.82) is 0 Å². The van der Waals surface area contributed by atoms with E-state index in [1.165, 1.54) is 0 Å². The molecule has 0 saturated carbocycles. The molecular formula is C18H26N2O3S. The van der Waals surface area contributed by atoms with Crippen LogP contribution in [0.5, 0.6) is 0 Å². The molecular weight excluding hydrogens is 324 g/mol. The number of amides is 1. The van der Waals surface area contributed by atoms with Crippen LogP contribution >= 0.6 is 0 Å². The summed E-state index contributed by atoms with van der Waals surface area (Å²) in [6.45, 7) is 2.99. The fourth-order valence-corrected chi connectivity index (χ4v) is 5.53. The number of hydrogen-bond donors (Lipinski definition) is 0. The van der Waals surface area contributed by atoms with Crippen LogP contribution in [0.4, 0.5) is 0 Å². The van der Waals surface area contributed by atoms with Gasteiger partial charge in [-0.3, -0.25) is 4.79 Å². The van der Waals surface area contributed by atoms with Crippen LogP contribution in [0.3, 0.4) is 0 Å². The molecule has 0 bridgehead atoms. The third-order valence-corrected chi connectivity index (χ3v) is 7.47. The second-order valence-electron chi connectivity index (χ2n) is 6.97. The highest BCUT2D eigenvalue weighted by Crippen LogP contribution is 2.37. The lowest BCUT2D eigenvalue weighted by Gasteiger charge is -2.50. The summed E-state index contributed by atoms with van der Waals surface area (Å²) in [5, 5.41) is 0. The number of carbonyl (C=O) groups is 1. The molecule has 6 heteroatoms. The monoisotopic (exact) mass is 350 g/mol. The van der Waals surface area contributed by atoms with Crippen LogP contribution in [-0.2, 0) is 21.2 Å². The molecule has 0 unspecified atom stereocenters. The molecule has 2 heterocycles. The Morgan fingerprint density at radius 1 is 1.12 bits per heavy atom. The molecule has 1 amide bonds. The number of rotatable bonds is 3. The molecule has 0 aromatic heterocycles. The van der Waals surface area contributed by atoms with Gasteiger partial charge >= 0.3 is 0 Å². The first kappa shape index (κ1) is 17.4. The number of likely N-dealkylation sites (N-methyl/N-ethyl adjacent to an activating group) is 1. The van der Waals surface area contributed by atoms with Crippen molar-refractivity contribution in [2.24, 2.45) is 0 Å². The molecule has 2 fully saturated rings. The largest absolute Gasteiger partial charge is 0.339 e. The Kier molecular flexibility index (Phi) is 4.71. The van der Waals surface area contributed by atoms with E-state index in [1.807, 2.05) is 26.1 Å². The van der Waals surface area contributed by atoms with Crippen LogP contribution in [0.2, 0.25) is 0 Å². The molecule has 1 aromatic rings. The van der Waals surface area contributed by atoms with Crippen molar-refractivity contribution in [3.05, 3.63) is 29.8 Å². The minimum atomic E-state index is -3.51. The van der Waals surface area contributed by atoms with Crippen molar-refractivity contribution in [3.63, 3.8) is 0 Å². The van der Waals surface area contributed by atoms with Gasteiger partial charge < -0.3 is 4.90 Å². The Balaban J connectivity index is 1.86. The van der Waals surface area contributed by atoms with E-state index >= 15 is 0 Å². The maximum Gasteiger partial charge on any atom is 0.243 e. The maximum absolute atomic E-state index is 13.0. The number of nitrogens with zero attached hydrogens (tertiary/aromatic N) is 2. The first-order valence-electron chi connectivity index (χ1n) is 8.75. The molecule has 2 aliphatic heterocycles. The van der Waals surface area contributed by atoms with E-state index in [0.717, 1.165) is 37.7 Å². The number of likely N-dealkylation sites (tertiary alicyclic amines) is 1. The summed E-state index contributed by atoms with van der Waals surface area (Å²) in [6.07, 6.45) is 4.88. The molecule has 132 valence electrons. The van der Waals surface area contributed by atoms with Crippen molar-refractivity contribution in [2.45, 2.75) is 55.9 Å². The van der Waals surface area contributed by atoms with E-state index in [-0.39, 0.29) is 11.4 Å². The molecule has 0 aliphatic carbocycles. The predicted octanol–water partition coefficient (Wildman–Crippen LogP) is 2.41. The smallest absolute Gasteiger partial charge is 0.243 e. The molecule has 1 atom stereocenters. The Labute approximate surface area is 144 Å². The van der Waals surface area contributed by atoms with E-state index in [9.17, 15) is 13.2 Å². The van der Waals surface area contributed by atoms with E-state index < -0.39 is 10.0 Å². The first-order chi connectivity index (χ1) is 11.4. The first-order valence-corrected chi connectivity index (χ1v) is 10.2. The number of carbonyl (C=O) groups excluding carboxylic acids is 1. The van der Waals surface area contributed by atoms with Gasteiger partial charge in [-0.1, -0.05) is 19.1 Å². The van der Waals surface area contributed by atoms with E-state index in [1.54, 1.807) is 21.3 Å². The Morgan fingerprint density at radius 2 is 1.79 bits per heavy atom. The highest BCUT2D eigenvalue weighted by Gasteiger charge is 2.45. The zero-order chi connectivity index (χ0) is 17.4. The summed E-state index contributed by atoms with van der Waals surface area (Å²) < 4.78 is 27.6. The average molecular weight is 350 g/mol. The number of aryl methyl sites for hydroxylation is 1. The Morgan fingerprint density at radius 3 is 2.46 bits per heavy atom. The van der Waals surface area contributed by atoms with E-state index in [4.69, 9.17) is 0 Å². The van der Waals surface area contributed by atoms with Gasteiger partial charge in [-0.05, 0) is 49.8 Å². The van der Waals surface area contributed by atoms with Crippen LogP contribution < -0.4 is 0 Å². The number of piperidine rings is 2. The normalized spacial score (nSPS) is 26.1. The molecule has 0 radical (unpaired) electrons. The lowest BCUT2D eigenvalue weighted by atomic mass is 9.81. The van der Waals surface area contributed by atoms with Crippen molar-refractivity contribution in [3.8, 4) is 0 Å². The molecule has 24 heavy (non-hydrogen) atoms. The minimum absolute atomic E-state index is 0.132. The highest BCUT2D eigenvalue weighted by atomic mass is 32.2. The molecule has 1 spiro atoms. The molecule has 0 N–H and O–H groups in total. The third-order valence-electron chi connectivity index (χ3n) is 5.61. The summed E-state index contributed by atoms with van der Waals surface area (Å²) in [5.41, 5.74) is 0.797. The third kappa shape index (κ3) is 2.97. The van der Waals surface area contributed by atoms with Gasteiger partial charge in [0.2, 0.25) is 15.9 Å². The second-order valence-corrected chi connectivity index (χ2v) is 8.91. The van der Waals surface area contributed by atoms with Gasteiger partial charge in [-0.25, -0.2) is 8.42 Å². The number of hydrogen-bond acceptors (Lipinski definition) is 3. The van der Waals surface area contributed by atoms with Crippen molar-refractivity contribution >= 4 is 15.9 Å². The second kappa shape index (κ2) is 6.48. The van der Waals surface area contributed by atoms with Gasteiger partial charge in [-0.2, -0.15) is 4.31 Å². The van der Waals surface area contributed by atoms with E-state index in [0.29, 0.717) is 24.4 Å². The highest BCUT2D eigenvalue weighted by molar-refractivity contribution is 7.89. The van der Waals surface area contributed by atoms with Crippen molar-refractivity contribution in [2.75, 3.05) is 20.1 Å². The fourth-order valence-electron chi connectivity index (χ4n) is 3.97. The molecule has 2 aliphatic rings.